The zero-order valence-electron chi connectivity index (χ0n) is 11.0. The van der Waals surface area contributed by atoms with Crippen LogP contribution in [0, 0.1) is 5.41 Å². The summed E-state index contributed by atoms with van der Waals surface area (Å²) in [4.78, 5) is 0. The number of alkyl halides is 1. The molecule has 2 aromatic rings. The fourth-order valence-corrected chi connectivity index (χ4v) is 2.93. The van der Waals surface area contributed by atoms with Gasteiger partial charge in [-0.05, 0) is 34.2 Å². The maximum absolute atomic E-state index is 6.71. The molecule has 0 aliphatic carbocycles. The summed E-state index contributed by atoms with van der Waals surface area (Å²) in [5.41, 5.74) is 1.32. The number of benzene rings is 2. The zero-order valence-corrected chi connectivity index (χ0v) is 13.3. The van der Waals surface area contributed by atoms with Crippen molar-refractivity contribution in [1.29, 1.82) is 0 Å². The first-order chi connectivity index (χ1) is 8.47. The third-order valence-corrected chi connectivity index (χ3v) is 5.29. The lowest BCUT2D eigenvalue weighted by Crippen LogP contribution is -2.17. The second-order valence-electron chi connectivity index (χ2n) is 5.39. The Morgan fingerprint density at radius 3 is 2.33 bits per heavy atom. The molecule has 0 nitrogen and oxygen atoms in total. The Bertz CT molecular complexity index is 560. The first kappa shape index (κ1) is 13.9. The standard InChI is InChI=1S/C16H18BrCl/c1-4-16(2,3)15(18)13-9-10-14(17)12-8-6-5-7-11(12)13/h5-10,15H,4H2,1-3H3. The highest BCUT2D eigenvalue weighted by Crippen LogP contribution is 2.44. The summed E-state index contributed by atoms with van der Waals surface area (Å²) in [5, 5.41) is 2.50. The summed E-state index contributed by atoms with van der Waals surface area (Å²) in [6.45, 7) is 6.64. The molecule has 0 spiro atoms. The van der Waals surface area contributed by atoms with Gasteiger partial charge in [-0.15, -0.1) is 11.6 Å². The van der Waals surface area contributed by atoms with Crippen LogP contribution in [0.25, 0.3) is 10.8 Å². The average molecular weight is 326 g/mol. The molecule has 0 bridgehead atoms. The predicted molar refractivity (Wildman–Crippen MR) is 84.3 cm³/mol. The largest absolute Gasteiger partial charge is 0.117 e. The van der Waals surface area contributed by atoms with Gasteiger partial charge >= 0.3 is 0 Å². The van der Waals surface area contributed by atoms with Crippen molar-refractivity contribution in [3.63, 3.8) is 0 Å². The van der Waals surface area contributed by atoms with E-state index >= 15 is 0 Å². The van der Waals surface area contributed by atoms with Gasteiger partial charge in [0, 0.05) is 4.47 Å². The Balaban J connectivity index is 2.62. The monoisotopic (exact) mass is 324 g/mol. The predicted octanol–water partition coefficient (Wildman–Crippen LogP) is 6.32. The molecule has 0 saturated heterocycles. The SMILES string of the molecule is CCC(C)(C)C(Cl)c1ccc(Br)c2ccccc12. The number of halogens is 2. The van der Waals surface area contributed by atoms with Crippen molar-refractivity contribution in [2.45, 2.75) is 32.6 Å². The molecule has 0 aliphatic heterocycles. The highest BCUT2D eigenvalue weighted by atomic mass is 79.9. The normalized spacial score (nSPS) is 13.8. The zero-order chi connectivity index (χ0) is 13.3. The molecule has 2 rings (SSSR count). The Labute approximate surface area is 122 Å². The Morgan fingerprint density at radius 1 is 1.11 bits per heavy atom. The van der Waals surface area contributed by atoms with Crippen LogP contribution in [-0.4, -0.2) is 0 Å². The van der Waals surface area contributed by atoms with Crippen LogP contribution >= 0.6 is 27.5 Å². The van der Waals surface area contributed by atoms with E-state index in [9.17, 15) is 0 Å². The highest BCUT2D eigenvalue weighted by molar-refractivity contribution is 9.10. The molecular formula is C16H18BrCl. The van der Waals surface area contributed by atoms with Crippen molar-refractivity contribution >= 4 is 38.3 Å². The lowest BCUT2D eigenvalue weighted by molar-refractivity contribution is 0.337. The van der Waals surface area contributed by atoms with Crippen molar-refractivity contribution in [1.82, 2.24) is 0 Å². The lowest BCUT2D eigenvalue weighted by Gasteiger charge is -2.30. The number of fused-ring (bicyclic) bond motifs is 1. The third kappa shape index (κ3) is 2.44. The van der Waals surface area contributed by atoms with Crippen LogP contribution in [0.1, 0.15) is 38.1 Å². The molecule has 2 heteroatoms. The topological polar surface area (TPSA) is 0 Å². The molecule has 0 amide bonds. The Kier molecular flexibility index (Phi) is 4.03. The molecule has 18 heavy (non-hydrogen) atoms. The summed E-state index contributed by atoms with van der Waals surface area (Å²) < 4.78 is 1.13. The fourth-order valence-electron chi connectivity index (χ4n) is 2.11. The van der Waals surface area contributed by atoms with E-state index in [-0.39, 0.29) is 10.8 Å². The summed E-state index contributed by atoms with van der Waals surface area (Å²) in [5.74, 6) is 0. The maximum Gasteiger partial charge on any atom is 0.0642 e. The van der Waals surface area contributed by atoms with Crippen LogP contribution in [0.4, 0.5) is 0 Å². The van der Waals surface area contributed by atoms with Crippen molar-refractivity contribution < 1.29 is 0 Å². The summed E-state index contributed by atoms with van der Waals surface area (Å²) >= 11 is 10.3. The van der Waals surface area contributed by atoms with Gasteiger partial charge in [-0.25, -0.2) is 0 Å². The summed E-state index contributed by atoms with van der Waals surface area (Å²) in [6.07, 6.45) is 1.06. The average Bonchev–Trinajstić information content (AvgIpc) is 2.39. The number of hydrogen-bond donors (Lipinski definition) is 0. The molecule has 0 fully saturated rings. The molecule has 96 valence electrons. The summed E-state index contributed by atoms with van der Waals surface area (Å²) in [6, 6.07) is 12.6. The van der Waals surface area contributed by atoms with Crippen molar-refractivity contribution in [2.24, 2.45) is 5.41 Å². The fraction of sp³-hybridized carbons (Fsp3) is 0.375. The first-order valence-electron chi connectivity index (χ1n) is 6.28. The minimum Gasteiger partial charge on any atom is -0.117 e. The van der Waals surface area contributed by atoms with Gasteiger partial charge < -0.3 is 0 Å². The van der Waals surface area contributed by atoms with E-state index in [1.807, 2.05) is 0 Å². The maximum atomic E-state index is 6.71. The molecule has 0 aliphatic rings. The van der Waals surface area contributed by atoms with E-state index in [2.05, 4.69) is 73.1 Å². The number of rotatable bonds is 3. The van der Waals surface area contributed by atoms with Crippen LogP contribution in [0.5, 0.6) is 0 Å². The molecule has 0 heterocycles. The van der Waals surface area contributed by atoms with Crippen LogP contribution in [0.15, 0.2) is 40.9 Å². The molecule has 0 aromatic heterocycles. The molecule has 1 unspecified atom stereocenters. The van der Waals surface area contributed by atoms with E-state index in [1.165, 1.54) is 16.3 Å². The smallest absolute Gasteiger partial charge is 0.0642 e. The first-order valence-corrected chi connectivity index (χ1v) is 7.51. The second-order valence-corrected chi connectivity index (χ2v) is 6.68. The van der Waals surface area contributed by atoms with E-state index in [4.69, 9.17) is 11.6 Å². The van der Waals surface area contributed by atoms with Gasteiger partial charge in [0.05, 0.1) is 5.38 Å². The van der Waals surface area contributed by atoms with Crippen molar-refractivity contribution in [3.05, 3.63) is 46.4 Å². The molecule has 2 aromatic carbocycles. The van der Waals surface area contributed by atoms with Crippen LogP contribution in [0.3, 0.4) is 0 Å². The molecule has 0 saturated carbocycles. The van der Waals surface area contributed by atoms with Gasteiger partial charge in [0.25, 0.3) is 0 Å². The quantitative estimate of drug-likeness (QED) is 0.579. The van der Waals surface area contributed by atoms with E-state index in [0.717, 1.165) is 10.9 Å². The van der Waals surface area contributed by atoms with Crippen molar-refractivity contribution in [2.75, 3.05) is 0 Å². The van der Waals surface area contributed by atoms with Gasteiger partial charge in [-0.1, -0.05) is 67.0 Å². The number of hydrogen-bond acceptors (Lipinski definition) is 0. The minimum atomic E-state index is 0.0282. The van der Waals surface area contributed by atoms with Gasteiger partial charge in [-0.3, -0.25) is 0 Å². The lowest BCUT2D eigenvalue weighted by atomic mass is 9.81. The van der Waals surface area contributed by atoms with Crippen LogP contribution in [-0.2, 0) is 0 Å². The van der Waals surface area contributed by atoms with E-state index in [0.29, 0.717) is 0 Å². The van der Waals surface area contributed by atoms with Crippen LogP contribution < -0.4 is 0 Å². The Hall–Kier alpha value is -0.530. The molecule has 1 atom stereocenters. The van der Waals surface area contributed by atoms with Gasteiger partial charge in [0.1, 0.15) is 0 Å². The van der Waals surface area contributed by atoms with Crippen LogP contribution in [0.2, 0.25) is 0 Å². The molecule has 0 N–H and O–H groups in total. The molecular weight excluding hydrogens is 308 g/mol. The minimum absolute atomic E-state index is 0.0282. The van der Waals surface area contributed by atoms with Gasteiger partial charge in [0.15, 0.2) is 0 Å². The van der Waals surface area contributed by atoms with Gasteiger partial charge in [-0.2, -0.15) is 0 Å². The highest BCUT2D eigenvalue weighted by Gasteiger charge is 2.28. The van der Waals surface area contributed by atoms with E-state index in [1.54, 1.807) is 0 Å². The molecule has 0 radical (unpaired) electrons. The third-order valence-electron chi connectivity index (χ3n) is 3.77. The Morgan fingerprint density at radius 2 is 1.72 bits per heavy atom. The van der Waals surface area contributed by atoms with Gasteiger partial charge in [0.2, 0.25) is 0 Å². The van der Waals surface area contributed by atoms with Crippen molar-refractivity contribution in [3.8, 4) is 0 Å². The second kappa shape index (κ2) is 5.22. The van der Waals surface area contributed by atoms with E-state index < -0.39 is 0 Å². The summed E-state index contributed by atoms with van der Waals surface area (Å²) in [7, 11) is 0.